The molecule has 5 atom stereocenters. The van der Waals surface area contributed by atoms with Gasteiger partial charge in [-0.2, -0.15) is 0 Å². The third kappa shape index (κ3) is 11.0. The Morgan fingerprint density at radius 2 is 1.47 bits per heavy atom. The Bertz CT molecular complexity index is 759. The summed E-state index contributed by atoms with van der Waals surface area (Å²) in [5.74, 6) is -6.00. The van der Waals surface area contributed by atoms with Gasteiger partial charge < -0.3 is 48.1 Å². The summed E-state index contributed by atoms with van der Waals surface area (Å²) >= 11 is 0. The number of rotatable bonds is 15. The summed E-state index contributed by atoms with van der Waals surface area (Å²) < 4.78 is 0. The molecular weight excluding hydrogens is 456 g/mol. The van der Waals surface area contributed by atoms with Crippen LogP contribution in [0.3, 0.4) is 0 Å². The van der Waals surface area contributed by atoms with Gasteiger partial charge in [-0.3, -0.25) is 24.0 Å². The van der Waals surface area contributed by atoms with E-state index in [9.17, 15) is 33.9 Å². The first kappa shape index (κ1) is 30.7. The summed E-state index contributed by atoms with van der Waals surface area (Å²) in [7, 11) is 0. The van der Waals surface area contributed by atoms with Crippen molar-refractivity contribution in [1.29, 1.82) is 0 Å². The maximum Gasteiger partial charge on any atom is 0.328 e. The monoisotopic (exact) mass is 490 g/mol. The predicted octanol–water partition coefficient (Wildman–Crippen LogP) is -4.74. The Morgan fingerprint density at radius 3 is 1.91 bits per heavy atom. The van der Waals surface area contributed by atoms with Gasteiger partial charge in [0.15, 0.2) is 0 Å². The zero-order valence-corrected chi connectivity index (χ0v) is 19.2. The van der Waals surface area contributed by atoms with Crippen LogP contribution in [-0.2, 0) is 28.8 Å². The fourth-order valence-electron chi connectivity index (χ4n) is 2.58. The zero-order valence-electron chi connectivity index (χ0n) is 19.2. The number of nitrogens with two attached hydrogens (primary N) is 2. The minimum Gasteiger partial charge on any atom is -0.480 e. The van der Waals surface area contributed by atoms with Crippen LogP contribution in [0.1, 0.15) is 33.6 Å². The van der Waals surface area contributed by atoms with E-state index in [-0.39, 0.29) is 12.8 Å². The van der Waals surface area contributed by atoms with Gasteiger partial charge in [-0.1, -0.05) is 13.8 Å². The Labute approximate surface area is 196 Å². The number of nitrogens with one attached hydrogen (secondary N) is 4. The molecule has 0 aliphatic heterocycles. The minimum atomic E-state index is -1.56. The smallest absolute Gasteiger partial charge is 0.328 e. The number of carboxylic acid groups (broad SMARTS) is 1. The van der Waals surface area contributed by atoms with E-state index in [1.165, 1.54) is 6.92 Å². The van der Waals surface area contributed by atoms with Crippen molar-refractivity contribution in [2.75, 3.05) is 13.2 Å². The summed E-state index contributed by atoms with van der Waals surface area (Å²) in [6, 6.07) is -5.36. The second-order valence-electron chi connectivity index (χ2n) is 7.93. The fourth-order valence-corrected chi connectivity index (χ4v) is 2.58. The molecule has 0 aromatic carbocycles. The highest BCUT2D eigenvalue weighted by Gasteiger charge is 2.30. The summed E-state index contributed by atoms with van der Waals surface area (Å²) in [4.78, 5) is 70.8. The molecule has 0 fully saturated rings. The standard InChI is InChI=1S/C19H34N6O9/c1-8(2)14(18(32)23-11(7-26)19(33)34)24-13(29)6-22-17(31)15(9(3)27)25-16(30)10(20)4-5-12(21)28/h8-11,14-15,26-27H,4-7,20H2,1-3H3,(H2,21,28)(H,22,31)(H,23,32)(H,24,29)(H,25,30)(H,33,34)/t9-,10+,11+,14+,15+/m1/s1. The molecule has 0 saturated heterocycles. The molecule has 0 bridgehead atoms. The number of hydrogen-bond donors (Lipinski definition) is 9. The van der Waals surface area contributed by atoms with Crippen molar-refractivity contribution >= 4 is 35.5 Å². The van der Waals surface area contributed by atoms with Crippen LogP contribution in [0.4, 0.5) is 0 Å². The first-order valence-electron chi connectivity index (χ1n) is 10.4. The first-order valence-corrected chi connectivity index (χ1v) is 10.4. The maximum atomic E-state index is 12.4. The Kier molecular flexibility index (Phi) is 13.3. The highest BCUT2D eigenvalue weighted by atomic mass is 16.4. The molecule has 0 unspecified atom stereocenters. The van der Waals surface area contributed by atoms with E-state index in [1.54, 1.807) is 13.8 Å². The van der Waals surface area contributed by atoms with E-state index in [4.69, 9.17) is 21.7 Å². The van der Waals surface area contributed by atoms with Crippen LogP contribution in [0.2, 0.25) is 0 Å². The molecule has 15 heteroatoms. The average Bonchev–Trinajstić information content (AvgIpc) is 2.74. The number of aliphatic hydroxyl groups excluding tert-OH is 2. The molecule has 0 radical (unpaired) electrons. The normalized spacial score (nSPS) is 15.3. The van der Waals surface area contributed by atoms with Gasteiger partial charge in [-0.15, -0.1) is 0 Å². The summed E-state index contributed by atoms with van der Waals surface area (Å²) in [5.41, 5.74) is 10.6. The highest BCUT2D eigenvalue weighted by molar-refractivity contribution is 5.94. The van der Waals surface area contributed by atoms with Crippen LogP contribution in [-0.4, -0.2) is 94.2 Å². The lowest BCUT2D eigenvalue weighted by Gasteiger charge is -2.24. The molecule has 0 aliphatic carbocycles. The average molecular weight is 491 g/mol. The van der Waals surface area contributed by atoms with Crippen LogP contribution in [0.5, 0.6) is 0 Å². The van der Waals surface area contributed by atoms with Crippen LogP contribution < -0.4 is 32.7 Å². The second-order valence-corrected chi connectivity index (χ2v) is 7.93. The lowest BCUT2D eigenvalue weighted by molar-refractivity contribution is -0.143. The van der Waals surface area contributed by atoms with Gasteiger partial charge in [0.1, 0.15) is 18.1 Å². The minimum absolute atomic E-state index is 0.0740. The molecule has 5 amide bonds. The second kappa shape index (κ2) is 14.8. The van der Waals surface area contributed by atoms with E-state index in [2.05, 4.69) is 21.3 Å². The topological polar surface area (TPSA) is 263 Å². The van der Waals surface area contributed by atoms with E-state index in [0.29, 0.717) is 0 Å². The largest absolute Gasteiger partial charge is 0.480 e. The van der Waals surface area contributed by atoms with Crippen LogP contribution in [0.15, 0.2) is 0 Å². The van der Waals surface area contributed by atoms with Crippen molar-refractivity contribution in [3.8, 4) is 0 Å². The number of carbonyl (C=O) groups excluding carboxylic acids is 5. The SMILES string of the molecule is CC(C)[C@H](NC(=O)CNC(=O)[C@@H](NC(=O)[C@@H](N)CCC(N)=O)[C@@H](C)O)C(=O)N[C@@H](CO)C(=O)O. The molecule has 0 rings (SSSR count). The van der Waals surface area contributed by atoms with Gasteiger partial charge in [-0.25, -0.2) is 4.79 Å². The van der Waals surface area contributed by atoms with Gasteiger partial charge in [0.05, 0.1) is 25.3 Å². The van der Waals surface area contributed by atoms with Crippen molar-refractivity contribution < 1.29 is 44.1 Å². The van der Waals surface area contributed by atoms with Gasteiger partial charge in [0, 0.05) is 6.42 Å². The van der Waals surface area contributed by atoms with E-state index in [0.717, 1.165) is 0 Å². The lowest BCUT2D eigenvalue weighted by atomic mass is 10.0. The van der Waals surface area contributed by atoms with Gasteiger partial charge in [0.2, 0.25) is 29.5 Å². The maximum absolute atomic E-state index is 12.4. The van der Waals surface area contributed by atoms with Crippen LogP contribution in [0, 0.1) is 5.92 Å². The number of amides is 5. The van der Waals surface area contributed by atoms with E-state index >= 15 is 0 Å². The summed E-state index contributed by atoms with van der Waals surface area (Å²) in [5, 5.41) is 36.6. The molecule has 0 spiro atoms. The number of aliphatic carboxylic acids is 1. The number of hydrogen-bond acceptors (Lipinski definition) is 9. The molecule has 11 N–H and O–H groups in total. The van der Waals surface area contributed by atoms with Crippen molar-refractivity contribution in [2.45, 2.75) is 63.9 Å². The number of carboxylic acids is 1. The molecule has 34 heavy (non-hydrogen) atoms. The van der Waals surface area contributed by atoms with Gasteiger partial charge in [-0.05, 0) is 19.3 Å². The number of carbonyl (C=O) groups is 6. The number of primary amides is 1. The first-order chi connectivity index (χ1) is 15.7. The van der Waals surface area contributed by atoms with Crippen LogP contribution in [0.25, 0.3) is 0 Å². The Morgan fingerprint density at radius 1 is 0.882 bits per heavy atom. The van der Waals surface area contributed by atoms with Crippen molar-refractivity contribution in [3.05, 3.63) is 0 Å². The van der Waals surface area contributed by atoms with E-state index in [1.807, 2.05) is 0 Å². The number of aliphatic hydroxyl groups is 2. The Hall–Kier alpha value is -3.30. The molecule has 0 aromatic rings. The third-order valence-corrected chi connectivity index (χ3v) is 4.59. The van der Waals surface area contributed by atoms with Crippen molar-refractivity contribution in [2.24, 2.45) is 17.4 Å². The fraction of sp³-hybridized carbons (Fsp3) is 0.684. The molecule has 194 valence electrons. The van der Waals surface area contributed by atoms with Crippen LogP contribution >= 0.6 is 0 Å². The molecular formula is C19H34N6O9. The molecule has 0 saturated carbocycles. The molecule has 0 aromatic heterocycles. The quantitative estimate of drug-likeness (QED) is 0.106. The van der Waals surface area contributed by atoms with Crippen molar-refractivity contribution in [3.63, 3.8) is 0 Å². The Balaban J connectivity index is 4.98. The summed E-state index contributed by atoms with van der Waals surface area (Å²) in [6.45, 7) is 2.90. The lowest BCUT2D eigenvalue weighted by Crippen LogP contribution is -2.58. The zero-order chi connectivity index (χ0) is 26.6. The molecule has 0 heterocycles. The summed E-state index contributed by atoms with van der Waals surface area (Å²) in [6.07, 6.45) is -1.60. The van der Waals surface area contributed by atoms with E-state index < -0.39 is 84.8 Å². The molecule has 15 nitrogen and oxygen atoms in total. The van der Waals surface area contributed by atoms with Gasteiger partial charge >= 0.3 is 5.97 Å². The molecule has 0 aliphatic rings. The van der Waals surface area contributed by atoms with Crippen molar-refractivity contribution in [1.82, 2.24) is 21.3 Å². The highest BCUT2D eigenvalue weighted by Crippen LogP contribution is 2.03. The third-order valence-electron chi connectivity index (χ3n) is 4.59. The van der Waals surface area contributed by atoms with Gasteiger partial charge in [0.25, 0.3) is 0 Å². The predicted molar refractivity (Wildman–Crippen MR) is 116 cm³/mol.